The second kappa shape index (κ2) is 6.96. The number of nitrogens with zero attached hydrogens (tertiary/aromatic N) is 1. The maximum absolute atomic E-state index is 11.8. The highest BCUT2D eigenvalue weighted by atomic mass is 35.5. The average molecular weight is 271 g/mol. The van der Waals surface area contributed by atoms with Crippen molar-refractivity contribution < 1.29 is 14.7 Å². The van der Waals surface area contributed by atoms with Gasteiger partial charge in [0.25, 0.3) is 5.91 Å². The zero-order valence-electron chi connectivity index (χ0n) is 10.0. The number of aromatic nitrogens is 1. The third kappa shape index (κ3) is 4.71. The van der Waals surface area contributed by atoms with Gasteiger partial charge >= 0.3 is 5.97 Å². The van der Waals surface area contributed by atoms with Gasteiger partial charge in [-0.05, 0) is 18.6 Å². The Balaban J connectivity index is 2.65. The van der Waals surface area contributed by atoms with Crippen LogP contribution in [0.3, 0.4) is 0 Å². The van der Waals surface area contributed by atoms with Crippen LogP contribution in [0.25, 0.3) is 0 Å². The van der Waals surface area contributed by atoms with Gasteiger partial charge in [0.2, 0.25) is 0 Å². The summed E-state index contributed by atoms with van der Waals surface area (Å²) < 4.78 is 0. The number of amides is 1. The van der Waals surface area contributed by atoms with Crippen LogP contribution in [-0.2, 0) is 4.79 Å². The molecule has 0 aliphatic carbocycles. The van der Waals surface area contributed by atoms with E-state index in [4.69, 9.17) is 16.7 Å². The highest BCUT2D eigenvalue weighted by molar-refractivity contribution is 6.30. The molecule has 0 aliphatic rings. The van der Waals surface area contributed by atoms with Crippen molar-refractivity contribution in [1.29, 1.82) is 0 Å². The first-order valence-electron chi connectivity index (χ1n) is 5.67. The Bertz CT molecular complexity index is 420. The molecule has 6 heteroatoms. The first-order valence-corrected chi connectivity index (χ1v) is 6.05. The van der Waals surface area contributed by atoms with E-state index in [1.807, 2.05) is 6.92 Å². The summed E-state index contributed by atoms with van der Waals surface area (Å²) in [7, 11) is 0. The number of carboxylic acid groups (broad SMARTS) is 1. The van der Waals surface area contributed by atoms with Crippen LogP contribution in [-0.4, -0.2) is 28.0 Å². The molecule has 0 radical (unpaired) electrons. The van der Waals surface area contributed by atoms with Crippen LogP contribution in [0.1, 0.15) is 36.7 Å². The fourth-order valence-electron chi connectivity index (χ4n) is 1.55. The molecule has 18 heavy (non-hydrogen) atoms. The van der Waals surface area contributed by atoms with Gasteiger partial charge in [0, 0.05) is 12.2 Å². The Kier molecular flexibility index (Phi) is 5.58. The van der Waals surface area contributed by atoms with Gasteiger partial charge in [-0.2, -0.15) is 0 Å². The molecule has 0 fully saturated rings. The van der Waals surface area contributed by atoms with Crippen LogP contribution >= 0.6 is 11.6 Å². The van der Waals surface area contributed by atoms with Crippen molar-refractivity contribution >= 4 is 23.5 Å². The first-order chi connectivity index (χ1) is 8.52. The molecular weight excluding hydrogens is 256 g/mol. The summed E-state index contributed by atoms with van der Waals surface area (Å²) in [6.45, 7) is 1.93. The molecule has 0 bridgehead atoms. The molecule has 0 saturated carbocycles. The Morgan fingerprint density at radius 2 is 2.22 bits per heavy atom. The normalized spacial score (nSPS) is 11.9. The number of carbonyl (C=O) groups is 2. The maximum Gasteiger partial charge on any atom is 0.305 e. The number of carbonyl (C=O) groups excluding carboxylic acids is 1. The van der Waals surface area contributed by atoms with E-state index in [-0.39, 0.29) is 24.1 Å². The molecule has 1 unspecified atom stereocenters. The van der Waals surface area contributed by atoms with Crippen molar-refractivity contribution in [3.8, 4) is 0 Å². The number of carboxylic acids is 1. The molecule has 0 aliphatic heterocycles. The van der Waals surface area contributed by atoms with Crippen molar-refractivity contribution in [3.63, 3.8) is 0 Å². The summed E-state index contributed by atoms with van der Waals surface area (Å²) in [5, 5.41) is 11.9. The topological polar surface area (TPSA) is 79.3 Å². The van der Waals surface area contributed by atoms with E-state index in [1.54, 1.807) is 6.07 Å². The predicted molar refractivity (Wildman–Crippen MR) is 67.7 cm³/mol. The van der Waals surface area contributed by atoms with Crippen molar-refractivity contribution in [2.75, 3.05) is 0 Å². The van der Waals surface area contributed by atoms with Crippen LogP contribution in [0.15, 0.2) is 18.3 Å². The Morgan fingerprint density at radius 1 is 1.50 bits per heavy atom. The second-order valence-electron chi connectivity index (χ2n) is 3.92. The molecule has 0 aromatic carbocycles. The van der Waals surface area contributed by atoms with Gasteiger partial charge in [0.05, 0.1) is 11.4 Å². The summed E-state index contributed by atoms with van der Waals surface area (Å²) in [5.74, 6) is -1.32. The molecule has 1 heterocycles. The monoisotopic (exact) mass is 270 g/mol. The molecular formula is C12H15ClN2O3. The van der Waals surface area contributed by atoms with Gasteiger partial charge in [0.15, 0.2) is 0 Å². The minimum Gasteiger partial charge on any atom is -0.481 e. The largest absolute Gasteiger partial charge is 0.481 e. The van der Waals surface area contributed by atoms with E-state index >= 15 is 0 Å². The number of rotatable bonds is 6. The highest BCUT2D eigenvalue weighted by Gasteiger charge is 2.16. The average Bonchev–Trinajstić information content (AvgIpc) is 2.29. The third-order valence-corrected chi connectivity index (χ3v) is 2.58. The predicted octanol–water partition coefficient (Wildman–Crippen LogP) is 2.11. The smallest absolute Gasteiger partial charge is 0.305 e. The Morgan fingerprint density at radius 3 is 2.72 bits per heavy atom. The number of halogens is 1. The molecule has 0 saturated heterocycles. The van der Waals surface area contributed by atoms with Crippen LogP contribution in [0.2, 0.25) is 5.02 Å². The van der Waals surface area contributed by atoms with Crippen LogP contribution in [0.4, 0.5) is 0 Å². The molecule has 0 spiro atoms. The van der Waals surface area contributed by atoms with Gasteiger partial charge in [0.1, 0.15) is 5.69 Å². The minimum absolute atomic E-state index is 0.0901. The lowest BCUT2D eigenvalue weighted by Crippen LogP contribution is -2.36. The van der Waals surface area contributed by atoms with E-state index in [1.165, 1.54) is 12.3 Å². The second-order valence-corrected chi connectivity index (χ2v) is 4.36. The van der Waals surface area contributed by atoms with Crippen LogP contribution in [0.5, 0.6) is 0 Å². The van der Waals surface area contributed by atoms with E-state index in [0.29, 0.717) is 11.4 Å². The lowest BCUT2D eigenvalue weighted by molar-refractivity contribution is -0.137. The molecule has 1 rings (SSSR count). The number of pyridine rings is 1. The molecule has 1 aromatic heterocycles. The molecule has 5 nitrogen and oxygen atoms in total. The van der Waals surface area contributed by atoms with Crippen molar-refractivity contribution in [1.82, 2.24) is 10.3 Å². The van der Waals surface area contributed by atoms with Crippen LogP contribution < -0.4 is 5.32 Å². The van der Waals surface area contributed by atoms with Gasteiger partial charge in [-0.3, -0.25) is 9.59 Å². The summed E-state index contributed by atoms with van der Waals surface area (Å²) in [4.78, 5) is 26.4. The lowest BCUT2D eigenvalue weighted by Gasteiger charge is -2.15. The number of hydrogen-bond donors (Lipinski definition) is 2. The van der Waals surface area contributed by atoms with Gasteiger partial charge in [-0.1, -0.05) is 24.9 Å². The number of nitrogens with one attached hydrogen (secondary N) is 1. The van der Waals surface area contributed by atoms with E-state index < -0.39 is 5.97 Å². The zero-order valence-corrected chi connectivity index (χ0v) is 10.8. The molecule has 1 aromatic rings. The molecule has 98 valence electrons. The van der Waals surface area contributed by atoms with Gasteiger partial charge in [-0.25, -0.2) is 4.98 Å². The van der Waals surface area contributed by atoms with E-state index in [0.717, 1.165) is 6.42 Å². The van der Waals surface area contributed by atoms with Gasteiger partial charge < -0.3 is 10.4 Å². The fourth-order valence-corrected chi connectivity index (χ4v) is 1.67. The summed E-state index contributed by atoms with van der Waals surface area (Å²) in [6.07, 6.45) is 2.70. The molecule has 1 atom stereocenters. The summed E-state index contributed by atoms with van der Waals surface area (Å²) >= 11 is 5.67. The zero-order chi connectivity index (χ0) is 13.5. The Labute approximate surface area is 110 Å². The van der Waals surface area contributed by atoms with Gasteiger partial charge in [-0.15, -0.1) is 0 Å². The SMILES string of the molecule is CCCC(CC(=O)O)NC(=O)c1ccc(Cl)cn1. The molecule has 1 amide bonds. The molecule has 2 N–H and O–H groups in total. The summed E-state index contributed by atoms with van der Waals surface area (Å²) in [5.41, 5.74) is 0.228. The summed E-state index contributed by atoms with van der Waals surface area (Å²) in [6, 6.07) is 2.69. The third-order valence-electron chi connectivity index (χ3n) is 2.35. The van der Waals surface area contributed by atoms with E-state index in [9.17, 15) is 9.59 Å². The maximum atomic E-state index is 11.8. The quantitative estimate of drug-likeness (QED) is 0.830. The first kappa shape index (κ1) is 14.4. The lowest BCUT2D eigenvalue weighted by atomic mass is 10.1. The standard InChI is InChI=1S/C12H15ClN2O3/c1-2-3-9(6-11(16)17)15-12(18)10-5-4-8(13)7-14-10/h4-5,7,9H,2-3,6H2,1H3,(H,15,18)(H,16,17). The van der Waals surface area contributed by atoms with Crippen molar-refractivity contribution in [3.05, 3.63) is 29.0 Å². The van der Waals surface area contributed by atoms with Crippen molar-refractivity contribution in [2.45, 2.75) is 32.2 Å². The minimum atomic E-state index is -0.933. The van der Waals surface area contributed by atoms with Crippen LogP contribution in [0, 0.1) is 0 Å². The fraction of sp³-hybridized carbons (Fsp3) is 0.417. The Hall–Kier alpha value is -1.62. The number of aliphatic carboxylic acids is 1. The number of hydrogen-bond acceptors (Lipinski definition) is 3. The highest BCUT2D eigenvalue weighted by Crippen LogP contribution is 2.08. The van der Waals surface area contributed by atoms with Crippen molar-refractivity contribution in [2.24, 2.45) is 0 Å². The van der Waals surface area contributed by atoms with E-state index in [2.05, 4.69) is 10.3 Å².